The quantitative estimate of drug-likeness (QED) is 0.703. The first kappa shape index (κ1) is 14.9. The van der Waals surface area contributed by atoms with Gasteiger partial charge in [-0.05, 0) is 59.9 Å². The van der Waals surface area contributed by atoms with Crippen LogP contribution in [0.15, 0.2) is 0 Å². The van der Waals surface area contributed by atoms with E-state index in [1.807, 2.05) is 0 Å². The average Bonchev–Trinajstić information content (AvgIpc) is 2.22. The van der Waals surface area contributed by atoms with E-state index in [9.17, 15) is 0 Å². The molecule has 1 aliphatic carbocycles. The predicted octanol–water partition coefficient (Wildman–Crippen LogP) is 1.78. The fourth-order valence-electron chi connectivity index (χ4n) is 2.61. The number of likely N-dealkylation sites (N-methyl/N-ethyl adjacent to an activating group) is 1. The average molecular weight is 241 g/mol. The second kappa shape index (κ2) is 6.72. The third-order valence-electron chi connectivity index (χ3n) is 4.41. The van der Waals surface area contributed by atoms with E-state index in [1.165, 1.54) is 32.1 Å². The molecule has 3 nitrogen and oxygen atoms in total. The van der Waals surface area contributed by atoms with E-state index in [0.717, 1.165) is 25.6 Å². The summed E-state index contributed by atoms with van der Waals surface area (Å²) in [6, 6.07) is 0. The van der Waals surface area contributed by atoms with Gasteiger partial charge in [0.25, 0.3) is 0 Å². The Bertz CT molecular complexity index is 214. The van der Waals surface area contributed by atoms with Gasteiger partial charge in [-0.25, -0.2) is 0 Å². The van der Waals surface area contributed by atoms with Crippen LogP contribution in [0.1, 0.15) is 39.0 Å². The van der Waals surface area contributed by atoms with Gasteiger partial charge in [0.1, 0.15) is 0 Å². The molecule has 0 aromatic carbocycles. The molecule has 0 saturated heterocycles. The van der Waals surface area contributed by atoms with Crippen LogP contribution in [0.2, 0.25) is 0 Å². The molecule has 1 unspecified atom stereocenters. The molecule has 0 aliphatic heterocycles. The van der Waals surface area contributed by atoms with Crippen molar-refractivity contribution in [3.63, 3.8) is 0 Å². The first-order chi connectivity index (χ1) is 7.98. The van der Waals surface area contributed by atoms with Crippen LogP contribution in [0, 0.1) is 5.92 Å². The van der Waals surface area contributed by atoms with Gasteiger partial charge in [0.2, 0.25) is 0 Å². The van der Waals surface area contributed by atoms with Crippen LogP contribution in [0.4, 0.5) is 0 Å². The third kappa shape index (κ3) is 4.57. The molecular weight excluding hydrogens is 210 g/mol. The number of nitrogens with zero attached hydrogens (tertiary/aromatic N) is 2. The van der Waals surface area contributed by atoms with E-state index in [4.69, 9.17) is 5.73 Å². The van der Waals surface area contributed by atoms with Crippen molar-refractivity contribution in [2.24, 2.45) is 11.7 Å². The highest BCUT2D eigenvalue weighted by Gasteiger charge is 2.32. The van der Waals surface area contributed by atoms with Gasteiger partial charge in [0.05, 0.1) is 0 Å². The maximum absolute atomic E-state index is 6.01. The predicted molar refractivity (Wildman–Crippen MR) is 75.2 cm³/mol. The Kier molecular flexibility index (Phi) is 5.90. The highest BCUT2D eigenvalue weighted by atomic mass is 15.2. The van der Waals surface area contributed by atoms with E-state index >= 15 is 0 Å². The first-order valence-corrected chi connectivity index (χ1v) is 7.04. The Labute approximate surface area is 107 Å². The SMILES string of the molecule is CN(C)CCCN(C)C(C)(CN)CC1CCC1. The molecule has 1 atom stereocenters. The van der Waals surface area contributed by atoms with Gasteiger partial charge < -0.3 is 10.6 Å². The lowest BCUT2D eigenvalue weighted by Crippen LogP contribution is -2.52. The molecule has 0 radical (unpaired) electrons. The molecule has 0 amide bonds. The summed E-state index contributed by atoms with van der Waals surface area (Å²) in [4.78, 5) is 4.73. The zero-order valence-electron chi connectivity index (χ0n) is 12.2. The van der Waals surface area contributed by atoms with Gasteiger partial charge in [-0.1, -0.05) is 19.3 Å². The molecule has 2 N–H and O–H groups in total. The molecule has 0 heterocycles. The van der Waals surface area contributed by atoms with Crippen molar-refractivity contribution in [3.05, 3.63) is 0 Å². The topological polar surface area (TPSA) is 32.5 Å². The zero-order chi connectivity index (χ0) is 12.9. The van der Waals surface area contributed by atoms with Gasteiger partial charge in [-0.2, -0.15) is 0 Å². The van der Waals surface area contributed by atoms with Crippen molar-refractivity contribution >= 4 is 0 Å². The Hall–Kier alpha value is -0.120. The molecule has 17 heavy (non-hydrogen) atoms. The maximum Gasteiger partial charge on any atom is 0.0303 e. The molecule has 0 bridgehead atoms. The Balaban J connectivity index is 2.34. The number of rotatable bonds is 8. The summed E-state index contributed by atoms with van der Waals surface area (Å²) in [5, 5.41) is 0. The molecule has 1 fully saturated rings. The highest BCUT2D eigenvalue weighted by Crippen LogP contribution is 2.35. The molecule has 3 heteroatoms. The number of hydrogen-bond acceptors (Lipinski definition) is 3. The third-order valence-corrected chi connectivity index (χ3v) is 4.41. The molecule has 0 spiro atoms. The zero-order valence-corrected chi connectivity index (χ0v) is 12.2. The fourth-order valence-corrected chi connectivity index (χ4v) is 2.61. The Morgan fingerprint density at radius 3 is 2.24 bits per heavy atom. The van der Waals surface area contributed by atoms with E-state index in [0.29, 0.717) is 0 Å². The lowest BCUT2D eigenvalue weighted by molar-refractivity contribution is 0.0889. The monoisotopic (exact) mass is 241 g/mol. The molecule has 1 aliphatic rings. The maximum atomic E-state index is 6.01. The van der Waals surface area contributed by atoms with E-state index in [2.05, 4.69) is 37.9 Å². The fraction of sp³-hybridized carbons (Fsp3) is 1.00. The minimum absolute atomic E-state index is 0.206. The molecular formula is C14H31N3. The lowest BCUT2D eigenvalue weighted by atomic mass is 9.76. The second-order valence-electron chi connectivity index (χ2n) is 6.28. The van der Waals surface area contributed by atoms with Crippen molar-refractivity contribution in [2.45, 2.75) is 44.6 Å². The summed E-state index contributed by atoms with van der Waals surface area (Å²) in [6.45, 7) is 5.43. The molecule has 0 aromatic heterocycles. The lowest BCUT2D eigenvalue weighted by Gasteiger charge is -2.43. The number of nitrogens with two attached hydrogens (primary N) is 1. The van der Waals surface area contributed by atoms with Gasteiger partial charge in [0, 0.05) is 12.1 Å². The molecule has 1 saturated carbocycles. The summed E-state index contributed by atoms with van der Waals surface area (Å²) in [7, 11) is 6.51. The van der Waals surface area contributed by atoms with Crippen LogP contribution >= 0.6 is 0 Å². The van der Waals surface area contributed by atoms with Crippen LogP contribution in [0.3, 0.4) is 0 Å². The summed E-state index contributed by atoms with van der Waals surface area (Å²) < 4.78 is 0. The smallest absolute Gasteiger partial charge is 0.0303 e. The summed E-state index contributed by atoms with van der Waals surface area (Å²) in [5.74, 6) is 0.930. The van der Waals surface area contributed by atoms with E-state index in [-0.39, 0.29) is 5.54 Å². The van der Waals surface area contributed by atoms with Crippen molar-refractivity contribution in [1.29, 1.82) is 0 Å². The van der Waals surface area contributed by atoms with Crippen molar-refractivity contribution in [2.75, 3.05) is 40.8 Å². The van der Waals surface area contributed by atoms with Crippen LogP contribution < -0.4 is 5.73 Å². The second-order valence-corrected chi connectivity index (χ2v) is 6.28. The first-order valence-electron chi connectivity index (χ1n) is 7.04. The van der Waals surface area contributed by atoms with Gasteiger partial charge in [0.15, 0.2) is 0 Å². The normalized spacial score (nSPS) is 20.6. The minimum Gasteiger partial charge on any atom is -0.329 e. The standard InChI is InChI=1S/C14H31N3/c1-14(12-15,11-13-7-5-8-13)17(4)10-6-9-16(2)3/h13H,5-12,15H2,1-4H3. The van der Waals surface area contributed by atoms with Gasteiger partial charge in [-0.3, -0.25) is 4.90 Å². The van der Waals surface area contributed by atoms with Crippen LogP contribution in [-0.4, -0.2) is 56.1 Å². The van der Waals surface area contributed by atoms with Gasteiger partial charge >= 0.3 is 0 Å². The van der Waals surface area contributed by atoms with Crippen LogP contribution in [-0.2, 0) is 0 Å². The van der Waals surface area contributed by atoms with Gasteiger partial charge in [-0.15, -0.1) is 0 Å². The van der Waals surface area contributed by atoms with Crippen molar-refractivity contribution in [1.82, 2.24) is 9.80 Å². The Morgan fingerprint density at radius 1 is 1.18 bits per heavy atom. The van der Waals surface area contributed by atoms with Crippen LogP contribution in [0.25, 0.3) is 0 Å². The summed E-state index contributed by atoms with van der Waals surface area (Å²) >= 11 is 0. The summed E-state index contributed by atoms with van der Waals surface area (Å²) in [6.07, 6.45) is 6.77. The summed E-state index contributed by atoms with van der Waals surface area (Å²) in [5.41, 5.74) is 6.22. The largest absolute Gasteiger partial charge is 0.329 e. The molecule has 0 aromatic rings. The Morgan fingerprint density at radius 2 is 1.82 bits per heavy atom. The minimum atomic E-state index is 0.206. The molecule has 1 rings (SSSR count). The van der Waals surface area contributed by atoms with Crippen molar-refractivity contribution in [3.8, 4) is 0 Å². The molecule has 102 valence electrons. The van der Waals surface area contributed by atoms with E-state index < -0.39 is 0 Å². The van der Waals surface area contributed by atoms with Crippen LogP contribution in [0.5, 0.6) is 0 Å². The number of hydrogen-bond donors (Lipinski definition) is 1. The van der Waals surface area contributed by atoms with Crippen molar-refractivity contribution < 1.29 is 0 Å². The van der Waals surface area contributed by atoms with E-state index in [1.54, 1.807) is 0 Å². The highest BCUT2D eigenvalue weighted by molar-refractivity contribution is 4.90.